The number of halogens is 1. The standard InChI is InChI=1S/C17H26BrNO/c1-13(2)9-11-19(14-7-8-14)12-10-17(20)15-5-3-4-6-16(15)18/h3-6,13-14,17,20H,7-12H2,1-2H3. The fourth-order valence-corrected chi connectivity index (χ4v) is 3.08. The maximum atomic E-state index is 10.4. The molecule has 0 amide bonds. The van der Waals surface area contributed by atoms with E-state index in [4.69, 9.17) is 0 Å². The molecule has 1 aromatic rings. The lowest BCUT2D eigenvalue weighted by Crippen LogP contribution is -2.30. The smallest absolute Gasteiger partial charge is 0.0813 e. The SMILES string of the molecule is CC(C)CCN(CCC(O)c1ccccc1Br)C1CC1. The second-order valence-corrected chi connectivity index (χ2v) is 7.13. The summed E-state index contributed by atoms with van der Waals surface area (Å²) >= 11 is 3.52. The van der Waals surface area contributed by atoms with E-state index in [1.54, 1.807) is 0 Å². The maximum Gasteiger partial charge on any atom is 0.0813 e. The van der Waals surface area contributed by atoms with Crippen molar-refractivity contribution in [2.24, 2.45) is 5.92 Å². The Hall–Kier alpha value is -0.380. The minimum Gasteiger partial charge on any atom is -0.388 e. The Morgan fingerprint density at radius 2 is 1.85 bits per heavy atom. The quantitative estimate of drug-likeness (QED) is 0.759. The van der Waals surface area contributed by atoms with Crippen molar-refractivity contribution in [3.63, 3.8) is 0 Å². The van der Waals surface area contributed by atoms with Gasteiger partial charge in [-0.25, -0.2) is 0 Å². The lowest BCUT2D eigenvalue weighted by atomic mass is 10.1. The molecule has 1 N–H and O–H groups in total. The van der Waals surface area contributed by atoms with Crippen molar-refractivity contribution >= 4 is 15.9 Å². The van der Waals surface area contributed by atoms with Crippen LogP contribution in [0.2, 0.25) is 0 Å². The summed E-state index contributed by atoms with van der Waals surface area (Å²) in [5, 5.41) is 10.4. The van der Waals surface area contributed by atoms with E-state index in [-0.39, 0.29) is 6.10 Å². The summed E-state index contributed by atoms with van der Waals surface area (Å²) in [5.74, 6) is 0.754. The van der Waals surface area contributed by atoms with Gasteiger partial charge in [-0.05, 0) is 49.8 Å². The summed E-state index contributed by atoms with van der Waals surface area (Å²) in [6, 6.07) is 8.75. The summed E-state index contributed by atoms with van der Waals surface area (Å²) in [5.41, 5.74) is 1.01. The number of nitrogens with zero attached hydrogens (tertiary/aromatic N) is 1. The predicted octanol–water partition coefficient (Wildman–Crippen LogP) is 4.38. The van der Waals surface area contributed by atoms with E-state index in [1.807, 2.05) is 24.3 Å². The predicted molar refractivity (Wildman–Crippen MR) is 87.8 cm³/mol. The molecule has 1 atom stereocenters. The van der Waals surface area contributed by atoms with E-state index in [9.17, 15) is 5.11 Å². The van der Waals surface area contributed by atoms with Crippen LogP contribution in [0.25, 0.3) is 0 Å². The van der Waals surface area contributed by atoms with Gasteiger partial charge < -0.3 is 10.0 Å². The highest BCUT2D eigenvalue weighted by Gasteiger charge is 2.29. The lowest BCUT2D eigenvalue weighted by molar-refractivity contribution is 0.136. The van der Waals surface area contributed by atoms with Crippen LogP contribution in [0.3, 0.4) is 0 Å². The van der Waals surface area contributed by atoms with Gasteiger partial charge in [-0.2, -0.15) is 0 Å². The first-order valence-electron chi connectivity index (χ1n) is 7.74. The van der Waals surface area contributed by atoms with Gasteiger partial charge in [0.25, 0.3) is 0 Å². The van der Waals surface area contributed by atoms with E-state index in [1.165, 1.54) is 25.8 Å². The van der Waals surface area contributed by atoms with Crippen molar-refractivity contribution in [3.8, 4) is 0 Å². The van der Waals surface area contributed by atoms with Crippen molar-refractivity contribution in [2.45, 2.75) is 51.7 Å². The van der Waals surface area contributed by atoms with Crippen LogP contribution < -0.4 is 0 Å². The van der Waals surface area contributed by atoms with Crippen LogP contribution in [0.5, 0.6) is 0 Å². The van der Waals surface area contributed by atoms with Crippen LogP contribution >= 0.6 is 15.9 Å². The number of hydrogen-bond donors (Lipinski definition) is 1. The third-order valence-corrected chi connectivity index (χ3v) is 4.73. The second-order valence-electron chi connectivity index (χ2n) is 6.28. The van der Waals surface area contributed by atoms with Gasteiger partial charge in [0.15, 0.2) is 0 Å². The molecule has 3 heteroatoms. The summed E-state index contributed by atoms with van der Waals surface area (Å²) in [6.07, 6.45) is 4.37. The molecule has 0 spiro atoms. The Morgan fingerprint density at radius 3 is 2.45 bits per heavy atom. The fraction of sp³-hybridized carbons (Fsp3) is 0.647. The first-order valence-corrected chi connectivity index (χ1v) is 8.53. The highest BCUT2D eigenvalue weighted by Crippen LogP contribution is 2.30. The molecule has 0 aromatic heterocycles. The van der Waals surface area contributed by atoms with E-state index >= 15 is 0 Å². The van der Waals surface area contributed by atoms with Crippen molar-refractivity contribution in [2.75, 3.05) is 13.1 Å². The van der Waals surface area contributed by atoms with Crippen LogP contribution in [0.15, 0.2) is 28.7 Å². The largest absolute Gasteiger partial charge is 0.388 e. The van der Waals surface area contributed by atoms with E-state index in [0.717, 1.165) is 35.0 Å². The van der Waals surface area contributed by atoms with Gasteiger partial charge in [0, 0.05) is 17.1 Å². The van der Waals surface area contributed by atoms with Crippen LogP contribution in [0.4, 0.5) is 0 Å². The Bertz CT molecular complexity index is 417. The van der Waals surface area contributed by atoms with E-state index in [0.29, 0.717) is 0 Å². The summed E-state index contributed by atoms with van der Waals surface area (Å²) in [6.45, 7) is 6.73. The second kappa shape index (κ2) is 7.58. The highest BCUT2D eigenvalue weighted by atomic mass is 79.9. The van der Waals surface area contributed by atoms with Crippen molar-refractivity contribution in [3.05, 3.63) is 34.3 Å². The lowest BCUT2D eigenvalue weighted by Gasteiger charge is -2.24. The third-order valence-electron chi connectivity index (χ3n) is 4.01. The molecule has 20 heavy (non-hydrogen) atoms. The minimum absolute atomic E-state index is 0.370. The number of aliphatic hydroxyl groups is 1. The first-order chi connectivity index (χ1) is 9.58. The molecular formula is C17H26BrNO. The zero-order valence-corrected chi connectivity index (χ0v) is 14.1. The molecule has 1 aromatic carbocycles. The maximum absolute atomic E-state index is 10.4. The normalized spacial score (nSPS) is 16.9. The van der Waals surface area contributed by atoms with Crippen LogP contribution in [0, 0.1) is 5.92 Å². The molecule has 1 unspecified atom stereocenters. The fourth-order valence-electron chi connectivity index (χ4n) is 2.53. The average Bonchev–Trinajstić information content (AvgIpc) is 3.23. The minimum atomic E-state index is -0.370. The van der Waals surface area contributed by atoms with Crippen molar-refractivity contribution in [1.29, 1.82) is 0 Å². The van der Waals surface area contributed by atoms with Gasteiger partial charge in [0.1, 0.15) is 0 Å². The number of aliphatic hydroxyl groups excluding tert-OH is 1. The zero-order valence-electron chi connectivity index (χ0n) is 12.6. The molecule has 1 aliphatic carbocycles. The third kappa shape index (κ3) is 4.87. The number of rotatable bonds is 8. The average molecular weight is 340 g/mol. The van der Waals surface area contributed by atoms with Crippen molar-refractivity contribution < 1.29 is 5.11 Å². The molecule has 0 heterocycles. The topological polar surface area (TPSA) is 23.5 Å². The Kier molecular flexibility index (Phi) is 6.06. The van der Waals surface area contributed by atoms with E-state index in [2.05, 4.69) is 34.7 Å². The van der Waals surface area contributed by atoms with Gasteiger partial charge in [0.2, 0.25) is 0 Å². The Labute approximate surface area is 131 Å². The van der Waals surface area contributed by atoms with Crippen LogP contribution in [-0.4, -0.2) is 29.1 Å². The molecule has 0 bridgehead atoms. The monoisotopic (exact) mass is 339 g/mol. The highest BCUT2D eigenvalue weighted by molar-refractivity contribution is 9.10. The van der Waals surface area contributed by atoms with Crippen LogP contribution in [-0.2, 0) is 0 Å². The van der Waals surface area contributed by atoms with Crippen LogP contribution in [0.1, 0.15) is 51.2 Å². The molecule has 2 nitrogen and oxygen atoms in total. The summed E-state index contributed by atoms with van der Waals surface area (Å²) < 4.78 is 1.01. The Morgan fingerprint density at radius 1 is 1.20 bits per heavy atom. The van der Waals surface area contributed by atoms with Gasteiger partial charge >= 0.3 is 0 Å². The summed E-state index contributed by atoms with van der Waals surface area (Å²) in [7, 11) is 0. The molecular weight excluding hydrogens is 314 g/mol. The summed E-state index contributed by atoms with van der Waals surface area (Å²) in [4.78, 5) is 2.57. The first kappa shape index (κ1) is 16.0. The van der Waals surface area contributed by atoms with Gasteiger partial charge in [-0.1, -0.05) is 48.0 Å². The zero-order chi connectivity index (χ0) is 14.5. The number of hydrogen-bond acceptors (Lipinski definition) is 2. The van der Waals surface area contributed by atoms with Gasteiger partial charge in [-0.3, -0.25) is 0 Å². The molecule has 1 saturated carbocycles. The van der Waals surface area contributed by atoms with Gasteiger partial charge in [-0.15, -0.1) is 0 Å². The van der Waals surface area contributed by atoms with Crippen molar-refractivity contribution in [1.82, 2.24) is 4.90 Å². The molecule has 112 valence electrons. The molecule has 1 fully saturated rings. The molecule has 1 aliphatic rings. The molecule has 0 saturated heterocycles. The Balaban J connectivity index is 1.84. The molecule has 0 radical (unpaired) electrons. The molecule has 0 aliphatic heterocycles. The van der Waals surface area contributed by atoms with E-state index < -0.39 is 0 Å². The number of benzene rings is 1. The molecule has 2 rings (SSSR count). The van der Waals surface area contributed by atoms with Gasteiger partial charge in [0.05, 0.1) is 6.10 Å².